The average Bonchev–Trinajstić information content (AvgIpc) is 2.36. The van der Waals surface area contributed by atoms with Crippen molar-refractivity contribution in [3.63, 3.8) is 0 Å². The summed E-state index contributed by atoms with van der Waals surface area (Å²) in [6.45, 7) is 0. The molecule has 0 aliphatic carbocycles. The van der Waals surface area contributed by atoms with Gasteiger partial charge in [-0.2, -0.15) is 10.5 Å². The van der Waals surface area contributed by atoms with Gasteiger partial charge in [-0.05, 0) is 17.7 Å². The summed E-state index contributed by atoms with van der Waals surface area (Å²) in [5.74, 6) is 0. The minimum absolute atomic E-state index is 0.0310. The van der Waals surface area contributed by atoms with Crippen LogP contribution >= 0.6 is 11.6 Å². The molecule has 0 amide bonds. The molecule has 0 aliphatic heterocycles. The molecule has 0 aromatic heterocycles. The molecular weight excluding hydrogens is 258 g/mol. The third kappa shape index (κ3) is 3.05. The Bertz CT molecular complexity index is 599. The van der Waals surface area contributed by atoms with Crippen LogP contribution < -0.4 is 0 Å². The summed E-state index contributed by atoms with van der Waals surface area (Å²) in [4.78, 5) is 9.99. The van der Waals surface area contributed by atoms with E-state index in [9.17, 15) is 15.2 Å². The number of hydrogen-bond donors (Lipinski definition) is 1. The second kappa shape index (κ2) is 5.78. The van der Waals surface area contributed by atoms with E-state index in [1.807, 2.05) is 0 Å². The highest BCUT2D eigenvalue weighted by atomic mass is 35.5. The SMILES string of the molecule is N#C/C(=C/c1ccc(Cl)c([N+](=O)[O-])c1)C(O)C#N. The first-order chi connectivity index (χ1) is 8.49. The Morgan fingerprint density at radius 1 is 1.56 bits per heavy atom. The van der Waals surface area contributed by atoms with Crippen LogP contribution in [0, 0.1) is 32.8 Å². The maximum Gasteiger partial charge on any atom is 0.288 e. The molecule has 0 radical (unpaired) electrons. The van der Waals surface area contributed by atoms with E-state index in [1.165, 1.54) is 24.3 Å². The van der Waals surface area contributed by atoms with Gasteiger partial charge in [0.05, 0.1) is 22.6 Å². The molecule has 18 heavy (non-hydrogen) atoms. The van der Waals surface area contributed by atoms with Crippen molar-refractivity contribution < 1.29 is 10.0 Å². The number of nitro benzene ring substituents is 1. The Kier molecular flexibility index (Phi) is 4.39. The third-order valence-corrected chi connectivity index (χ3v) is 2.35. The summed E-state index contributed by atoms with van der Waals surface area (Å²) >= 11 is 5.62. The molecule has 0 spiro atoms. The van der Waals surface area contributed by atoms with Crippen molar-refractivity contribution in [2.45, 2.75) is 6.10 Å². The largest absolute Gasteiger partial charge is 0.373 e. The predicted octanol–water partition coefficient (Wildman–Crippen LogP) is 2.04. The van der Waals surface area contributed by atoms with Crippen LogP contribution in [0.1, 0.15) is 5.56 Å². The van der Waals surface area contributed by atoms with Gasteiger partial charge in [0, 0.05) is 6.07 Å². The van der Waals surface area contributed by atoms with Gasteiger partial charge < -0.3 is 5.11 Å². The van der Waals surface area contributed by atoms with Gasteiger partial charge in [0.2, 0.25) is 0 Å². The van der Waals surface area contributed by atoms with Crippen LogP contribution in [0.4, 0.5) is 5.69 Å². The normalized spacial score (nSPS) is 12.3. The maximum absolute atomic E-state index is 10.7. The van der Waals surface area contributed by atoms with E-state index in [-0.39, 0.29) is 16.3 Å². The molecule has 1 atom stereocenters. The highest BCUT2D eigenvalue weighted by Gasteiger charge is 2.14. The molecule has 1 rings (SSSR count). The topological polar surface area (TPSA) is 111 Å². The number of benzene rings is 1. The van der Waals surface area contributed by atoms with Gasteiger partial charge in [-0.15, -0.1) is 0 Å². The first-order valence-corrected chi connectivity index (χ1v) is 5.00. The standard InChI is InChI=1S/C11H6ClN3O3/c12-9-2-1-7(4-10(9)15(17)18)3-8(5-13)11(16)6-14/h1-4,11,16H/b8-3-. The zero-order valence-electron chi connectivity index (χ0n) is 8.87. The van der Waals surface area contributed by atoms with Gasteiger partial charge in [0.25, 0.3) is 5.69 Å². The van der Waals surface area contributed by atoms with E-state index in [4.69, 9.17) is 22.1 Å². The Labute approximate surface area is 107 Å². The predicted molar refractivity (Wildman–Crippen MR) is 63.3 cm³/mol. The first kappa shape index (κ1) is 13.7. The van der Waals surface area contributed by atoms with E-state index >= 15 is 0 Å². The van der Waals surface area contributed by atoms with E-state index < -0.39 is 11.0 Å². The van der Waals surface area contributed by atoms with Gasteiger partial charge in [0.15, 0.2) is 6.10 Å². The van der Waals surface area contributed by atoms with Gasteiger partial charge in [-0.3, -0.25) is 10.1 Å². The van der Waals surface area contributed by atoms with Gasteiger partial charge in [-0.1, -0.05) is 17.7 Å². The van der Waals surface area contributed by atoms with Crippen molar-refractivity contribution >= 4 is 23.4 Å². The van der Waals surface area contributed by atoms with Crippen LogP contribution in [0.25, 0.3) is 6.08 Å². The molecule has 0 bridgehead atoms. The minimum atomic E-state index is -1.57. The number of rotatable bonds is 3. The molecule has 0 fully saturated rings. The Morgan fingerprint density at radius 3 is 2.72 bits per heavy atom. The van der Waals surface area contributed by atoms with E-state index in [0.717, 1.165) is 6.07 Å². The van der Waals surface area contributed by atoms with Crippen LogP contribution in [0.3, 0.4) is 0 Å². The molecule has 7 heteroatoms. The summed E-state index contributed by atoms with van der Waals surface area (Å²) < 4.78 is 0. The van der Waals surface area contributed by atoms with Crippen molar-refractivity contribution in [3.8, 4) is 12.1 Å². The van der Waals surface area contributed by atoms with Crippen LogP contribution in [0.2, 0.25) is 5.02 Å². The second-order valence-electron chi connectivity index (χ2n) is 3.21. The highest BCUT2D eigenvalue weighted by Crippen LogP contribution is 2.26. The zero-order valence-corrected chi connectivity index (χ0v) is 9.63. The van der Waals surface area contributed by atoms with Crippen molar-refractivity contribution in [3.05, 3.63) is 44.5 Å². The fraction of sp³-hybridized carbons (Fsp3) is 0.0909. The Morgan fingerprint density at radius 2 is 2.22 bits per heavy atom. The zero-order chi connectivity index (χ0) is 13.7. The molecule has 0 saturated carbocycles. The van der Waals surface area contributed by atoms with Crippen LogP contribution in [-0.4, -0.2) is 16.1 Å². The fourth-order valence-corrected chi connectivity index (χ4v) is 1.37. The van der Waals surface area contributed by atoms with Gasteiger partial charge in [-0.25, -0.2) is 0 Å². The summed E-state index contributed by atoms with van der Waals surface area (Å²) in [5.41, 5.74) is -0.208. The summed E-state index contributed by atoms with van der Waals surface area (Å²) in [7, 11) is 0. The lowest BCUT2D eigenvalue weighted by Crippen LogP contribution is -2.04. The number of aliphatic hydroxyl groups is 1. The lowest BCUT2D eigenvalue weighted by atomic mass is 10.1. The molecule has 0 saturated heterocycles. The van der Waals surface area contributed by atoms with Crippen molar-refractivity contribution in [1.82, 2.24) is 0 Å². The molecular formula is C11H6ClN3O3. The lowest BCUT2D eigenvalue weighted by Gasteiger charge is -2.00. The summed E-state index contributed by atoms with van der Waals surface area (Å²) in [6.07, 6.45) is -0.373. The minimum Gasteiger partial charge on any atom is -0.373 e. The molecule has 1 unspecified atom stereocenters. The Hall–Kier alpha value is -2.41. The number of nitriles is 2. The molecule has 0 heterocycles. The monoisotopic (exact) mass is 263 g/mol. The van der Waals surface area contributed by atoms with Crippen molar-refractivity contribution in [2.24, 2.45) is 0 Å². The third-order valence-electron chi connectivity index (χ3n) is 2.04. The van der Waals surface area contributed by atoms with E-state index in [1.54, 1.807) is 6.07 Å². The van der Waals surface area contributed by atoms with E-state index in [2.05, 4.69) is 0 Å². The van der Waals surface area contributed by atoms with Crippen molar-refractivity contribution in [2.75, 3.05) is 0 Å². The number of aliphatic hydroxyl groups excluding tert-OH is 1. The number of nitrogens with zero attached hydrogens (tertiary/aromatic N) is 3. The molecule has 0 aliphatic rings. The number of nitro groups is 1. The molecule has 1 N–H and O–H groups in total. The summed E-state index contributed by atoms with van der Waals surface area (Å²) in [5, 5.41) is 37.0. The van der Waals surface area contributed by atoms with Crippen LogP contribution in [-0.2, 0) is 0 Å². The van der Waals surface area contributed by atoms with Crippen LogP contribution in [0.15, 0.2) is 23.8 Å². The highest BCUT2D eigenvalue weighted by molar-refractivity contribution is 6.32. The van der Waals surface area contributed by atoms with Crippen molar-refractivity contribution in [1.29, 1.82) is 10.5 Å². The number of hydrogen-bond acceptors (Lipinski definition) is 5. The molecule has 1 aromatic carbocycles. The van der Waals surface area contributed by atoms with Gasteiger partial charge >= 0.3 is 0 Å². The average molecular weight is 264 g/mol. The maximum atomic E-state index is 10.7. The summed E-state index contributed by atoms with van der Waals surface area (Å²) in [6, 6.07) is 7.04. The fourth-order valence-electron chi connectivity index (χ4n) is 1.18. The molecule has 6 nitrogen and oxygen atoms in total. The Balaban J connectivity index is 3.24. The smallest absolute Gasteiger partial charge is 0.288 e. The quantitative estimate of drug-likeness (QED) is 0.388. The number of halogens is 1. The van der Waals surface area contributed by atoms with Crippen LogP contribution in [0.5, 0.6) is 0 Å². The first-order valence-electron chi connectivity index (χ1n) is 4.63. The lowest BCUT2D eigenvalue weighted by molar-refractivity contribution is -0.384. The van der Waals surface area contributed by atoms with Gasteiger partial charge in [0.1, 0.15) is 5.02 Å². The molecule has 1 aromatic rings. The van der Waals surface area contributed by atoms with E-state index in [0.29, 0.717) is 5.56 Å². The second-order valence-corrected chi connectivity index (χ2v) is 3.62. The molecule has 90 valence electrons.